The Morgan fingerprint density at radius 3 is 2.35 bits per heavy atom. The maximum atomic E-state index is 14.0. The second-order valence-corrected chi connectivity index (χ2v) is 8.17. The number of carbonyl (C=O) groups is 2. The Morgan fingerprint density at radius 2 is 1.71 bits per heavy atom. The molecule has 31 heavy (non-hydrogen) atoms. The zero-order valence-corrected chi connectivity index (χ0v) is 18.0. The molecule has 0 saturated heterocycles. The molecule has 0 spiro atoms. The molecule has 1 aliphatic rings. The van der Waals surface area contributed by atoms with Gasteiger partial charge in [-0.1, -0.05) is 36.4 Å². The second kappa shape index (κ2) is 9.55. The van der Waals surface area contributed by atoms with E-state index >= 15 is 0 Å². The van der Waals surface area contributed by atoms with Crippen molar-refractivity contribution in [2.24, 2.45) is 5.73 Å². The average Bonchev–Trinajstić information content (AvgIpc) is 3.05. The molecule has 0 atom stereocenters. The van der Waals surface area contributed by atoms with Crippen LogP contribution in [0.1, 0.15) is 36.7 Å². The smallest absolute Gasteiger partial charge is 0.262 e. The fourth-order valence-electron chi connectivity index (χ4n) is 3.66. The van der Waals surface area contributed by atoms with Crippen molar-refractivity contribution in [2.45, 2.75) is 19.5 Å². The predicted octanol–water partition coefficient (Wildman–Crippen LogP) is 4.36. The highest BCUT2D eigenvalue weighted by atomic mass is 35.5. The third-order valence-corrected chi connectivity index (χ3v) is 6.18. The number of carbonyl (C=O) groups excluding carboxylic acids is 2. The van der Waals surface area contributed by atoms with Crippen LogP contribution in [0, 0.1) is 11.6 Å². The summed E-state index contributed by atoms with van der Waals surface area (Å²) in [5, 5.41) is 2.72. The number of halogens is 3. The summed E-state index contributed by atoms with van der Waals surface area (Å²) in [6.45, 7) is 2.08. The lowest BCUT2D eigenvalue weighted by atomic mass is 10.0. The normalized spacial score (nSPS) is 13.2. The van der Waals surface area contributed by atoms with Crippen molar-refractivity contribution in [1.82, 2.24) is 4.90 Å². The van der Waals surface area contributed by atoms with E-state index in [9.17, 15) is 18.4 Å². The fourth-order valence-corrected chi connectivity index (χ4v) is 4.95. The number of nitrogens with zero attached hydrogens (tertiary/aromatic N) is 1. The minimum atomic E-state index is -0.969. The summed E-state index contributed by atoms with van der Waals surface area (Å²) in [5.41, 5.74) is 7.07. The summed E-state index contributed by atoms with van der Waals surface area (Å²) in [7, 11) is 0. The first-order valence-electron chi connectivity index (χ1n) is 9.40. The number of thiophene rings is 1. The maximum Gasteiger partial charge on any atom is 0.262 e. The van der Waals surface area contributed by atoms with Gasteiger partial charge >= 0.3 is 0 Å². The van der Waals surface area contributed by atoms with E-state index in [1.54, 1.807) is 0 Å². The topological polar surface area (TPSA) is 75.4 Å². The van der Waals surface area contributed by atoms with Gasteiger partial charge in [-0.25, -0.2) is 8.78 Å². The molecule has 4 rings (SSSR count). The Bertz CT molecular complexity index is 1100. The van der Waals surface area contributed by atoms with Crippen molar-refractivity contribution < 1.29 is 18.4 Å². The molecule has 0 unspecified atom stereocenters. The largest absolute Gasteiger partial charge is 0.365 e. The van der Waals surface area contributed by atoms with Gasteiger partial charge in [0.2, 0.25) is 0 Å². The number of rotatable bonds is 5. The number of benzene rings is 2. The number of fused-ring (bicyclic) bond motifs is 1. The lowest BCUT2D eigenvalue weighted by molar-refractivity contribution is 0.0999. The Labute approximate surface area is 188 Å². The van der Waals surface area contributed by atoms with Crippen molar-refractivity contribution in [3.05, 3.63) is 87.3 Å². The molecule has 2 aromatic carbocycles. The van der Waals surface area contributed by atoms with E-state index in [4.69, 9.17) is 5.73 Å². The summed E-state index contributed by atoms with van der Waals surface area (Å²) >= 11 is 1.22. The molecule has 9 heteroatoms. The van der Waals surface area contributed by atoms with E-state index in [2.05, 4.69) is 10.2 Å². The van der Waals surface area contributed by atoms with Crippen LogP contribution < -0.4 is 11.1 Å². The van der Waals surface area contributed by atoms with Crippen molar-refractivity contribution in [2.75, 3.05) is 11.9 Å². The maximum absolute atomic E-state index is 14.0. The molecule has 5 nitrogen and oxygen atoms in total. The molecule has 0 aliphatic carbocycles. The number of hydrogen-bond donors (Lipinski definition) is 2. The lowest BCUT2D eigenvalue weighted by Gasteiger charge is -2.27. The summed E-state index contributed by atoms with van der Waals surface area (Å²) in [4.78, 5) is 27.7. The highest BCUT2D eigenvalue weighted by Gasteiger charge is 2.28. The highest BCUT2D eigenvalue weighted by molar-refractivity contribution is 7.17. The van der Waals surface area contributed by atoms with Crippen molar-refractivity contribution in [3.8, 4) is 0 Å². The van der Waals surface area contributed by atoms with Crippen LogP contribution in [0.4, 0.5) is 13.8 Å². The van der Waals surface area contributed by atoms with Gasteiger partial charge in [0, 0.05) is 24.5 Å². The molecular weight excluding hydrogens is 444 g/mol. The molecule has 3 aromatic rings. The lowest BCUT2D eigenvalue weighted by Crippen LogP contribution is -2.30. The zero-order valence-electron chi connectivity index (χ0n) is 16.4. The molecule has 0 saturated carbocycles. The monoisotopic (exact) mass is 463 g/mol. The number of hydrogen-bond acceptors (Lipinski definition) is 4. The van der Waals surface area contributed by atoms with Crippen LogP contribution >= 0.6 is 23.7 Å². The second-order valence-electron chi connectivity index (χ2n) is 7.07. The first kappa shape index (κ1) is 22.9. The van der Waals surface area contributed by atoms with E-state index in [1.165, 1.54) is 23.0 Å². The number of nitrogens with two attached hydrogens (primary N) is 1. The predicted molar refractivity (Wildman–Crippen MR) is 119 cm³/mol. The first-order valence-corrected chi connectivity index (χ1v) is 10.2. The fraction of sp³-hybridized carbons (Fsp3) is 0.182. The molecular formula is C22H20ClF2N3O2S. The van der Waals surface area contributed by atoms with Crippen molar-refractivity contribution >= 4 is 40.6 Å². The third-order valence-electron chi connectivity index (χ3n) is 5.05. The number of nitrogens with one attached hydrogen (secondary N) is 1. The summed E-state index contributed by atoms with van der Waals surface area (Å²) in [5.74, 6) is -3.56. The van der Waals surface area contributed by atoms with Crippen LogP contribution in [-0.4, -0.2) is 23.3 Å². The molecule has 0 bridgehead atoms. The van der Waals surface area contributed by atoms with Gasteiger partial charge in [0.25, 0.3) is 11.8 Å². The van der Waals surface area contributed by atoms with E-state index in [0.717, 1.165) is 35.7 Å². The van der Waals surface area contributed by atoms with Crippen molar-refractivity contribution in [1.29, 1.82) is 0 Å². The van der Waals surface area contributed by atoms with Gasteiger partial charge < -0.3 is 11.1 Å². The van der Waals surface area contributed by atoms with Crippen LogP contribution in [0.15, 0.2) is 48.5 Å². The molecule has 2 heterocycles. The van der Waals surface area contributed by atoms with E-state index in [0.29, 0.717) is 13.0 Å². The molecule has 0 fully saturated rings. The van der Waals surface area contributed by atoms with Gasteiger partial charge in [-0.05, 0) is 29.7 Å². The molecule has 1 aliphatic heterocycles. The van der Waals surface area contributed by atoms with Crippen LogP contribution in [0.2, 0.25) is 0 Å². The molecule has 162 valence electrons. The van der Waals surface area contributed by atoms with E-state index in [-0.39, 0.29) is 23.0 Å². The quantitative estimate of drug-likeness (QED) is 0.590. The number of primary amides is 1. The van der Waals surface area contributed by atoms with Crippen LogP contribution in [-0.2, 0) is 19.5 Å². The molecule has 2 amide bonds. The van der Waals surface area contributed by atoms with Gasteiger partial charge in [-0.2, -0.15) is 0 Å². The van der Waals surface area contributed by atoms with Gasteiger partial charge in [0.05, 0.1) is 5.56 Å². The molecule has 3 N–H and O–H groups in total. The van der Waals surface area contributed by atoms with Crippen LogP contribution in [0.25, 0.3) is 0 Å². The Balaban J connectivity index is 0.00000272. The minimum Gasteiger partial charge on any atom is -0.365 e. The van der Waals surface area contributed by atoms with Gasteiger partial charge in [0.15, 0.2) is 0 Å². The molecule has 1 aromatic heterocycles. The van der Waals surface area contributed by atoms with Crippen LogP contribution in [0.3, 0.4) is 0 Å². The minimum absolute atomic E-state index is 0. The Morgan fingerprint density at radius 1 is 1.03 bits per heavy atom. The Hall–Kier alpha value is -2.81. The molecule has 0 radical (unpaired) electrons. The number of anilines is 1. The van der Waals surface area contributed by atoms with Gasteiger partial charge in [0.1, 0.15) is 22.2 Å². The van der Waals surface area contributed by atoms with E-state index < -0.39 is 29.0 Å². The van der Waals surface area contributed by atoms with Crippen molar-refractivity contribution in [3.63, 3.8) is 0 Å². The highest BCUT2D eigenvalue weighted by Crippen LogP contribution is 2.37. The standard InChI is InChI=1S/C22H19F2N3O2S.ClH/c23-15-7-4-8-16(24)19(15)21(29)26-22-18(20(25)28)14-9-10-27(12-17(14)30-22)11-13-5-2-1-3-6-13;/h1-8H,9-12H2,(H2,25,28)(H,26,29);1H. The number of amides is 2. The first-order chi connectivity index (χ1) is 14.4. The Kier molecular flexibility index (Phi) is 7.04. The zero-order chi connectivity index (χ0) is 21.3. The van der Waals surface area contributed by atoms with Gasteiger partial charge in [-0.3, -0.25) is 14.5 Å². The van der Waals surface area contributed by atoms with E-state index in [1.807, 2.05) is 30.3 Å². The van der Waals surface area contributed by atoms with Gasteiger partial charge in [-0.15, -0.1) is 23.7 Å². The van der Waals surface area contributed by atoms with Crippen LogP contribution in [0.5, 0.6) is 0 Å². The SMILES string of the molecule is Cl.NC(=O)c1c(NC(=O)c2c(F)cccc2F)sc2c1CCN(Cc1ccccc1)C2. The third kappa shape index (κ3) is 4.76. The summed E-state index contributed by atoms with van der Waals surface area (Å²) in [6, 6.07) is 13.2. The average molecular weight is 464 g/mol. The summed E-state index contributed by atoms with van der Waals surface area (Å²) in [6.07, 6.45) is 0.598. The summed E-state index contributed by atoms with van der Waals surface area (Å²) < 4.78 is 27.9.